The van der Waals surface area contributed by atoms with Crippen LogP contribution in [0.1, 0.15) is 23.5 Å². The van der Waals surface area contributed by atoms with Gasteiger partial charge in [-0.05, 0) is 17.5 Å². The van der Waals surface area contributed by atoms with Crippen molar-refractivity contribution in [2.24, 2.45) is 0 Å². The van der Waals surface area contributed by atoms with Crippen molar-refractivity contribution in [1.29, 1.82) is 0 Å². The van der Waals surface area contributed by atoms with Gasteiger partial charge < -0.3 is 4.74 Å². The van der Waals surface area contributed by atoms with Gasteiger partial charge in [-0.1, -0.05) is 73.3 Å². The van der Waals surface area contributed by atoms with Crippen molar-refractivity contribution < 1.29 is 18.3 Å². The predicted molar refractivity (Wildman–Crippen MR) is 84.2 cm³/mol. The number of alkyl halides is 2. The summed E-state index contributed by atoms with van der Waals surface area (Å²) in [5.41, 5.74) is 2.09. The molecule has 0 aliphatic rings. The van der Waals surface area contributed by atoms with Crippen LogP contribution in [0.3, 0.4) is 0 Å². The Balaban J connectivity index is 2.09. The van der Waals surface area contributed by atoms with Crippen LogP contribution in [0.4, 0.5) is 8.78 Å². The first-order valence-corrected chi connectivity index (χ1v) is 7.30. The molecule has 2 nitrogen and oxygen atoms in total. The number of hydrogen-bond acceptors (Lipinski definition) is 3. The molecule has 5 heteroatoms. The third-order valence-corrected chi connectivity index (χ3v) is 3.47. The number of carbonyl (C=O) groups excluding carboxylic acids is 1. The van der Waals surface area contributed by atoms with Gasteiger partial charge in [0.05, 0.1) is 6.61 Å². The zero-order valence-electron chi connectivity index (χ0n) is 11.8. The number of esters is 1. The van der Waals surface area contributed by atoms with Gasteiger partial charge in [-0.25, -0.2) is 4.79 Å². The largest absolute Gasteiger partial charge is 0.461 e. The molecule has 0 radical (unpaired) electrons. The van der Waals surface area contributed by atoms with Crippen LogP contribution in [-0.4, -0.2) is 17.8 Å². The van der Waals surface area contributed by atoms with E-state index in [0.717, 1.165) is 11.1 Å². The lowest BCUT2D eigenvalue weighted by molar-refractivity contribution is -0.160. The Labute approximate surface area is 133 Å². The average molecular weight is 322 g/mol. The Kier molecular flexibility index (Phi) is 5.55. The van der Waals surface area contributed by atoms with Gasteiger partial charge in [-0.2, -0.15) is 8.78 Å². The molecule has 2 aromatic carbocycles. The smallest absolute Gasteiger partial charge is 0.388 e. The van der Waals surface area contributed by atoms with E-state index in [1.54, 1.807) is 0 Å². The number of benzene rings is 2. The second-order valence-corrected chi connectivity index (χ2v) is 5.40. The predicted octanol–water partition coefficient (Wildman–Crippen LogP) is 4.27. The lowest BCUT2D eigenvalue weighted by atomic mass is 9.89. The summed E-state index contributed by atoms with van der Waals surface area (Å²) in [5, 5.41) is -3.75. The molecule has 2 rings (SSSR count). The number of ether oxygens (including phenoxy) is 1. The van der Waals surface area contributed by atoms with Crippen molar-refractivity contribution in [1.82, 2.24) is 0 Å². The van der Waals surface area contributed by atoms with Crippen LogP contribution in [0, 0.1) is 0 Å². The molecule has 0 N–H and O–H groups in total. The van der Waals surface area contributed by atoms with Crippen LogP contribution in [0.25, 0.3) is 0 Å². The Morgan fingerprint density at radius 2 is 1.45 bits per heavy atom. The minimum Gasteiger partial charge on any atom is -0.461 e. The van der Waals surface area contributed by atoms with E-state index >= 15 is 0 Å². The van der Waals surface area contributed by atoms with Crippen LogP contribution >= 0.6 is 12.6 Å². The number of carbonyl (C=O) groups is 1. The molecule has 0 amide bonds. The maximum Gasteiger partial charge on any atom is 0.388 e. The highest BCUT2D eigenvalue weighted by Crippen LogP contribution is 2.28. The molecule has 0 aliphatic carbocycles. The maximum absolute atomic E-state index is 12.7. The van der Waals surface area contributed by atoms with E-state index in [1.807, 2.05) is 60.7 Å². The molecular formula is C17H16F2O2S. The molecule has 0 fully saturated rings. The molecule has 0 bridgehead atoms. The summed E-state index contributed by atoms with van der Waals surface area (Å²) in [6, 6.07) is 19.3. The molecule has 0 unspecified atom stereocenters. The van der Waals surface area contributed by atoms with E-state index in [0.29, 0.717) is 6.42 Å². The summed E-state index contributed by atoms with van der Waals surface area (Å²) < 4.78 is 30.0. The standard InChI is InChI=1S/C17H16F2O2S/c18-17(19,22)16(20)21-12-11-15(13-7-3-1-4-8-13)14-9-5-2-6-10-14/h1-10,15,22H,11-12H2. The summed E-state index contributed by atoms with van der Waals surface area (Å²) in [4.78, 5) is 11.1. The van der Waals surface area contributed by atoms with E-state index in [1.165, 1.54) is 0 Å². The SMILES string of the molecule is O=C(OCCC(c1ccccc1)c1ccccc1)C(F)(F)S. The number of halogens is 2. The normalized spacial score (nSPS) is 11.5. The molecule has 0 saturated heterocycles. The van der Waals surface area contributed by atoms with Crippen molar-refractivity contribution in [2.45, 2.75) is 17.6 Å². The topological polar surface area (TPSA) is 26.3 Å². The minimum absolute atomic E-state index is 0.0243. The Bertz CT molecular complexity index is 558. The maximum atomic E-state index is 12.7. The Morgan fingerprint density at radius 3 is 1.86 bits per heavy atom. The third-order valence-electron chi connectivity index (χ3n) is 3.29. The zero-order valence-corrected chi connectivity index (χ0v) is 12.7. The summed E-state index contributed by atoms with van der Waals surface area (Å²) in [6.45, 7) is -0.0938. The summed E-state index contributed by atoms with van der Waals surface area (Å²) in [5.74, 6) is -1.64. The molecule has 0 heterocycles. The van der Waals surface area contributed by atoms with E-state index in [2.05, 4.69) is 17.4 Å². The number of rotatable bonds is 6. The quantitative estimate of drug-likeness (QED) is 0.635. The fourth-order valence-electron chi connectivity index (χ4n) is 2.25. The van der Waals surface area contributed by atoms with Gasteiger partial charge in [-0.15, -0.1) is 0 Å². The van der Waals surface area contributed by atoms with Crippen LogP contribution in [0.5, 0.6) is 0 Å². The van der Waals surface area contributed by atoms with Gasteiger partial charge in [0.1, 0.15) is 0 Å². The van der Waals surface area contributed by atoms with Gasteiger partial charge in [-0.3, -0.25) is 0 Å². The van der Waals surface area contributed by atoms with Crippen LogP contribution in [0.2, 0.25) is 0 Å². The van der Waals surface area contributed by atoms with Crippen LogP contribution in [0.15, 0.2) is 60.7 Å². The molecule has 0 spiro atoms. The third kappa shape index (κ3) is 4.56. The molecule has 0 saturated carbocycles. The minimum atomic E-state index is -3.75. The summed E-state index contributed by atoms with van der Waals surface area (Å²) in [6.07, 6.45) is 0.420. The van der Waals surface area contributed by atoms with Crippen molar-refractivity contribution in [3.63, 3.8) is 0 Å². The van der Waals surface area contributed by atoms with Crippen molar-refractivity contribution in [3.05, 3.63) is 71.8 Å². The highest BCUT2D eigenvalue weighted by molar-refractivity contribution is 7.82. The van der Waals surface area contributed by atoms with Gasteiger partial charge in [0, 0.05) is 5.92 Å². The molecule has 2 aromatic rings. The molecule has 116 valence electrons. The molecule has 0 aromatic heterocycles. The lowest BCUT2D eigenvalue weighted by Gasteiger charge is -2.18. The molecule has 0 aliphatic heterocycles. The fourth-order valence-corrected chi connectivity index (χ4v) is 2.32. The zero-order chi connectivity index (χ0) is 16.0. The lowest BCUT2D eigenvalue weighted by Crippen LogP contribution is -2.25. The van der Waals surface area contributed by atoms with Gasteiger partial charge >= 0.3 is 11.2 Å². The second kappa shape index (κ2) is 7.40. The highest BCUT2D eigenvalue weighted by Gasteiger charge is 2.35. The van der Waals surface area contributed by atoms with Crippen molar-refractivity contribution in [3.8, 4) is 0 Å². The van der Waals surface area contributed by atoms with E-state index in [4.69, 9.17) is 0 Å². The molecule has 22 heavy (non-hydrogen) atoms. The monoisotopic (exact) mass is 322 g/mol. The van der Waals surface area contributed by atoms with Gasteiger partial charge in [0.25, 0.3) is 0 Å². The first-order valence-electron chi connectivity index (χ1n) is 6.86. The Morgan fingerprint density at radius 1 is 1.00 bits per heavy atom. The number of thiol groups is 1. The second-order valence-electron chi connectivity index (χ2n) is 4.84. The average Bonchev–Trinajstić information content (AvgIpc) is 2.52. The van der Waals surface area contributed by atoms with E-state index < -0.39 is 11.2 Å². The highest BCUT2D eigenvalue weighted by atomic mass is 32.1. The Hall–Kier alpha value is -1.88. The number of hydrogen-bond donors (Lipinski definition) is 1. The fraction of sp³-hybridized carbons (Fsp3) is 0.235. The van der Waals surface area contributed by atoms with Crippen LogP contribution in [-0.2, 0) is 9.53 Å². The first kappa shape index (κ1) is 16.5. The van der Waals surface area contributed by atoms with Crippen molar-refractivity contribution >= 4 is 18.6 Å². The summed E-state index contributed by atoms with van der Waals surface area (Å²) >= 11 is 2.91. The summed E-state index contributed by atoms with van der Waals surface area (Å²) in [7, 11) is 0. The van der Waals surface area contributed by atoms with Crippen molar-refractivity contribution in [2.75, 3.05) is 6.61 Å². The van der Waals surface area contributed by atoms with Gasteiger partial charge in [0.15, 0.2) is 0 Å². The van der Waals surface area contributed by atoms with Gasteiger partial charge in [0.2, 0.25) is 0 Å². The van der Waals surface area contributed by atoms with E-state index in [-0.39, 0.29) is 12.5 Å². The van der Waals surface area contributed by atoms with Crippen LogP contribution < -0.4 is 0 Å². The van der Waals surface area contributed by atoms with E-state index in [9.17, 15) is 13.6 Å². The molecule has 0 atom stereocenters. The first-order chi connectivity index (χ1) is 10.5. The molecular weight excluding hydrogens is 306 g/mol.